The molecule has 1 aromatic carbocycles. The fraction of sp³-hybridized carbons (Fsp3) is 0.143. The summed E-state index contributed by atoms with van der Waals surface area (Å²) in [7, 11) is 0. The first-order valence-electron chi connectivity index (χ1n) is 5.41. The van der Waals surface area contributed by atoms with E-state index in [4.69, 9.17) is 5.73 Å². The summed E-state index contributed by atoms with van der Waals surface area (Å²) in [6.07, 6.45) is 1.67. The number of hydrogen-bond donors (Lipinski definition) is 1. The Bertz CT molecular complexity index is 556. The molecule has 86 valence electrons. The summed E-state index contributed by atoms with van der Waals surface area (Å²) in [5, 5.41) is 0. The van der Waals surface area contributed by atoms with Crippen molar-refractivity contribution >= 4 is 5.91 Å². The number of rotatable bonds is 2. The van der Waals surface area contributed by atoms with Gasteiger partial charge in [-0.15, -0.1) is 0 Å². The summed E-state index contributed by atoms with van der Waals surface area (Å²) in [5.74, 6) is -0.452. The lowest BCUT2D eigenvalue weighted by atomic mass is 10.0. The van der Waals surface area contributed by atoms with Gasteiger partial charge in [0, 0.05) is 11.8 Å². The number of benzene rings is 1. The Morgan fingerprint density at radius 3 is 2.41 bits per heavy atom. The Morgan fingerprint density at radius 2 is 1.82 bits per heavy atom. The zero-order valence-electron chi connectivity index (χ0n) is 9.90. The molecule has 0 atom stereocenters. The van der Waals surface area contributed by atoms with Crippen molar-refractivity contribution in [1.82, 2.24) is 4.98 Å². The molecule has 0 aliphatic carbocycles. The van der Waals surface area contributed by atoms with Gasteiger partial charge < -0.3 is 5.73 Å². The summed E-state index contributed by atoms with van der Waals surface area (Å²) < 4.78 is 0. The predicted molar refractivity (Wildman–Crippen MR) is 67.7 cm³/mol. The second kappa shape index (κ2) is 4.37. The highest BCUT2D eigenvalue weighted by Crippen LogP contribution is 2.23. The summed E-state index contributed by atoms with van der Waals surface area (Å²) in [5.41, 5.74) is 9.66. The molecule has 0 saturated carbocycles. The Kier molecular flexibility index (Phi) is 2.91. The number of amides is 1. The van der Waals surface area contributed by atoms with Gasteiger partial charge in [-0.05, 0) is 38.1 Å². The van der Waals surface area contributed by atoms with E-state index < -0.39 is 5.91 Å². The molecule has 1 heterocycles. The summed E-state index contributed by atoms with van der Waals surface area (Å²) in [6.45, 7) is 4.03. The average molecular weight is 226 g/mol. The molecule has 2 rings (SSSR count). The molecule has 2 N–H and O–H groups in total. The van der Waals surface area contributed by atoms with Crippen molar-refractivity contribution in [2.45, 2.75) is 13.8 Å². The van der Waals surface area contributed by atoms with Crippen molar-refractivity contribution in [2.75, 3.05) is 0 Å². The van der Waals surface area contributed by atoms with E-state index in [0.717, 1.165) is 16.7 Å². The molecule has 1 aromatic heterocycles. The lowest BCUT2D eigenvalue weighted by molar-refractivity contribution is 0.100. The highest BCUT2D eigenvalue weighted by Gasteiger charge is 2.11. The van der Waals surface area contributed by atoms with Crippen molar-refractivity contribution < 1.29 is 4.79 Å². The van der Waals surface area contributed by atoms with Gasteiger partial charge >= 0.3 is 0 Å². The van der Waals surface area contributed by atoms with Crippen LogP contribution in [0, 0.1) is 13.8 Å². The number of aromatic nitrogens is 1. The second-order valence-corrected chi connectivity index (χ2v) is 4.14. The zero-order chi connectivity index (χ0) is 12.4. The number of hydrogen-bond acceptors (Lipinski definition) is 2. The monoisotopic (exact) mass is 226 g/mol. The van der Waals surface area contributed by atoms with Gasteiger partial charge in [-0.3, -0.25) is 9.78 Å². The van der Waals surface area contributed by atoms with Crippen molar-refractivity contribution in [3.63, 3.8) is 0 Å². The fourth-order valence-electron chi connectivity index (χ4n) is 1.95. The van der Waals surface area contributed by atoms with E-state index in [0.29, 0.717) is 11.3 Å². The van der Waals surface area contributed by atoms with Crippen LogP contribution < -0.4 is 5.73 Å². The van der Waals surface area contributed by atoms with E-state index in [2.05, 4.69) is 11.1 Å². The molecule has 0 unspecified atom stereocenters. The zero-order valence-corrected chi connectivity index (χ0v) is 9.90. The van der Waals surface area contributed by atoms with Crippen LogP contribution in [0.4, 0.5) is 0 Å². The topological polar surface area (TPSA) is 56.0 Å². The van der Waals surface area contributed by atoms with E-state index in [9.17, 15) is 4.79 Å². The quantitative estimate of drug-likeness (QED) is 0.855. The van der Waals surface area contributed by atoms with Gasteiger partial charge in [-0.2, -0.15) is 0 Å². The van der Waals surface area contributed by atoms with Gasteiger partial charge in [-0.25, -0.2) is 0 Å². The third-order valence-electron chi connectivity index (χ3n) is 2.57. The minimum Gasteiger partial charge on any atom is -0.366 e. The molecule has 1 amide bonds. The number of carbonyl (C=O) groups is 1. The van der Waals surface area contributed by atoms with Crippen LogP contribution in [0.3, 0.4) is 0 Å². The molecule has 0 bridgehead atoms. The third-order valence-corrected chi connectivity index (χ3v) is 2.57. The van der Waals surface area contributed by atoms with Crippen molar-refractivity contribution in [1.29, 1.82) is 0 Å². The van der Waals surface area contributed by atoms with E-state index in [1.165, 1.54) is 0 Å². The van der Waals surface area contributed by atoms with Crippen LogP contribution in [0.15, 0.2) is 36.5 Å². The van der Waals surface area contributed by atoms with Crippen molar-refractivity contribution in [3.05, 3.63) is 53.2 Å². The Labute approximate surface area is 100 Å². The second-order valence-electron chi connectivity index (χ2n) is 4.14. The van der Waals surface area contributed by atoms with Crippen LogP contribution in [0.2, 0.25) is 0 Å². The van der Waals surface area contributed by atoms with Crippen LogP contribution >= 0.6 is 0 Å². The summed E-state index contributed by atoms with van der Waals surface area (Å²) in [4.78, 5) is 15.6. The minimum atomic E-state index is -0.452. The van der Waals surface area contributed by atoms with Crippen LogP contribution in [0.5, 0.6) is 0 Å². The molecule has 2 aromatic rings. The van der Waals surface area contributed by atoms with Gasteiger partial charge in [0.2, 0.25) is 0 Å². The average Bonchev–Trinajstić information content (AvgIpc) is 2.27. The summed E-state index contributed by atoms with van der Waals surface area (Å²) >= 11 is 0. The van der Waals surface area contributed by atoms with Crippen molar-refractivity contribution in [3.8, 4) is 11.3 Å². The Morgan fingerprint density at radius 1 is 1.18 bits per heavy atom. The molecule has 17 heavy (non-hydrogen) atoms. The van der Waals surface area contributed by atoms with E-state index in [1.54, 1.807) is 18.3 Å². The van der Waals surface area contributed by atoms with E-state index in [-0.39, 0.29) is 0 Å². The molecule has 0 spiro atoms. The number of nitrogens with two attached hydrogens (primary N) is 1. The van der Waals surface area contributed by atoms with Crippen LogP contribution in [-0.4, -0.2) is 10.9 Å². The standard InChI is InChI=1S/C14H14N2O/c1-9-6-10(2)8-11(7-9)13-12(14(15)17)4-3-5-16-13/h3-8H,1-2H3,(H2,15,17). The SMILES string of the molecule is Cc1cc(C)cc(-c2ncccc2C(N)=O)c1. The molecule has 0 radical (unpaired) electrons. The first kappa shape index (κ1) is 11.3. The molecular formula is C14H14N2O. The van der Waals surface area contributed by atoms with E-state index >= 15 is 0 Å². The maximum atomic E-state index is 11.3. The lowest BCUT2D eigenvalue weighted by Crippen LogP contribution is -2.13. The summed E-state index contributed by atoms with van der Waals surface area (Å²) in [6, 6.07) is 9.49. The van der Waals surface area contributed by atoms with Gasteiger partial charge in [0.25, 0.3) is 5.91 Å². The maximum absolute atomic E-state index is 11.3. The van der Waals surface area contributed by atoms with Gasteiger partial charge in [-0.1, -0.05) is 17.2 Å². The van der Waals surface area contributed by atoms with Crippen LogP contribution in [-0.2, 0) is 0 Å². The highest BCUT2D eigenvalue weighted by molar-refractivity contribution is 5.98. The fourth-order valence-corrected chi connectivity index (χ4v) is 1.95. The van der Waals surface area contributed by atoms with Gasteiger partial charge in [0.15, 0.2) is 0 Å². The molecule has 0 fully saturated rings. The molecule has 3 nitrogen and oxygen atoms in total. The molecular weight excluding hydrogens is 212 g/mol. The number of primary amides is 1. The van der Waals surface area contributed by atoms with Crippen molar-refractivity contribution in [2.24, 2.45) is 5.73 Å². The maximum Gasteiger partial charge on any atom is 0.250 e. The number of aryl methyl sites for hydroxylation is 2. The first-order chi connectivity index (χ1) is 8.08. The van der Waals surface area contributed by atoms with E-state index in [1.807, 2.05) is 26.0 Å². The largest absolute Gasteiger partial charge is 0.366 e. The molecule has 0 aliphatic rings. The lowest BCUT2D eigenvalue weighted by Gasteiger charge is -2.07. The van der Waals surface area contributed by atoms with Crippen LogP contribution in [0.1, 0.15) is 21.5 Å². The number of carbonyl (C=O) groups excluding carboxylic acids is 1. The highest BCUT2D eigenvalue weighted by atomic mass is 16.1. The number of pyridine rings is 1. The number of nitrogens with zero attached hydrogens (tertiary/aromatic N) is 1. The minimum absolute atomic E-state index is 0.452. The van der Waals surface area contributed by atoms with Gasteiger partial charge in [0.05, 0.1) is 11.3 Å². The Balaban J connectivity index is 2.64. The smallest absolute Gasteiger partial charge is 0.250 e. The first-order valence-corrected chi connectivity index (χ1v) is 5.41. The molecule has 0 aliphatic heterocycles. The van der Waals surface area contributed by atoms with Crippen LogP contribution in [0.25, 0.3) is 11.3 Å². The molecule has 3 heteroatoms. The normalized spacial score (nSPS) is 10.2. The molecule has 0 saturated heterocycles. The Hall–Kier alpha value is -2.16. The van der Waals surface area contributed by atoms with Gasteiger partial charge in [0.1, 0.15) is 0 Å². The third kappa shape index (κ3) is 2.33. The predicted octanol–water partition coefficient (Wildman–Crippen LogP) is 2.46.